The molecule has 0 aliphatic heterocycles. The van der Waals surface area contributed by atoms with Crippen LogP contribution in [0.5, 0.6) is 11.5 Å². The van der Waals surface area contributed by atoms with Gasteiger partial charge in [-0.2, -0.15) is 5.26 Å². The maximum Gasteiger partial charge on any atom is 0.259 e. The quantitative estimate of drug-likeness (QED) is 0.892. The molecule has 0 fully saturated rings. The Bertz CT molecular complexity index is 662. The van der Waals surface area contributed by atoms with Crippen molar-refractivity contribution in [2.24, 2.45) is 0 Å². The summed E-state index contributed by atoms with van der Waals surface area (Å²) in [6.45, 7) is -0.108. The molecular weight excluding hydrogens is 256 g/mol. The van der Waals surface area contributed by atoms with Crippen LogP contribution < -0.4 is 10.1 Å². The molecule has 2 aromatic rings. The highest BCUT2D eigenvalue weighted by molar-refractivity contribution is 6.06. The van der Waals surface area contributed by atoms with Crippen molar-refractivity contribution < 1.29 is 14.6 Å². The molecule has 0 saturated heterocycles. The molecule has 0 aromatic heterocycles. The van der Waals surface area contributed by atoms with Crippen LogP contribution in [0.2, 0.25) is 0 Å². The van der Waals surface area contributed by atoms with Gasteiger partial charge in [0.15, 0.2) is 6.61 Å². The number of rotatable bonds is 4. The second kappa shape index (κ2) is 6.25. The van der Waals surface area contributed by atoms with E-state index < -0.39 is 5.91 Å². The largest absolute Gasteiger partial charge is 0.507 e. The summed E-state index contributed by atoms with van der Waals surface area (Å²) in [5, 5.41) is 20.8. The standard InChI is InChI=1S/C15H12N2O3/c16-9-10-20-14-8-4-2-6-12(14)17-15(19)11-5-1-3-7-13(11)18/h1-8,18H,10H2,(H,17,19). The Balaban J connectivity index is 2.20. The first-order chi connectivity index (χ1) is 9.72. The summed E-state index contributed by atoms with van der Waals surface area (Å²) >= 11 is 0. The number of carbonyl (C=O) groups excluding carboxylic acids is 1. The monoisotopic (exact) mass is 268 g/mol. The van der Waals surface area contributed by atoms with Crippen molar-refractivity contribution >= 4 is 11.6 Å². The molecular formula is C15H12N2O3. The molecule has 0 radical (unpaired) electrons. The minimum absolute atomic E-state index is 0.0968. The van der Waals surface area contributed by atoms with Crippen molar-refractivity contribution in [2.75, 3.05) is 11.9 Å². The van der Waals surface area contributed by atoms with Gasteiger partial charge in [-0.15, -0.1) is 0 Å². The Morgan fingerprint density at radius 2 is 1.90 bits per heavy atom. The Labute approximate surface area is 116 Å². The molecule has 0 saturated carbocycles. The number of aromatic hydroxyl groups is 1. The zero-order valence-corrected chi connectivity index (χ0v) is 10.5. The number of carbonyl (C=O) groups is 1. The van der Waals surface area contributed by atoms with Gasteiger partial charge >= 0.3 is 0 Å². The van der Waals surface area contributed by atoms with Crippen molar-refractivity contribution in [3.8, 4) is 17.6 Å². The van der Waals surface area contributed by atoms with Crippen molar-refractivity contribution in [2.45, 2.75) is 0 Å². The van der Waals surface area contributed by atoms with Gasteiger partial charge in [0, 0.05) is 0 Å². The maximum absolute atomic E-state index is 12.1. The molecule has 0 atom stereocenters. The van der Waals surface area contributed by atoms with E-state index in [4.69, 9.17) is 10.00 Å². The first-order valence-electron chi connectivity index (χ1n) is 5.90. The Hall–Kier alpha value is -3.00. The maximum atomic E-state index is 12.1. The lowest BCUT2D eigenvalue weighted by molar-refractivity contribution is 0.102. The fourth-order valence-corrected chi connectivity index (χ4v) is 1.66. The number of anilines is 1. The molecule has 0 unspecified atom stereocenters. The van der Waals surface area contributed by atoms with Crippen LogP contribution in [0.15, 0.2) is 48.5 Å². The summed E-state index contributed by atoms with van der Waals surface area (Å²) in [5.74, 6) is -0.144. The minimum Gasteiger partial charge on any atom is -0.507 e. The van der Waals surface area contributed by atoms with Crippen LogP contribution in [0.3, 0.4) is 0 Å². The van der Waals surface area contributed by atoms with Gasteiger partial charge in [-0.05, 0) is 24.3 Å². The van der Waals surface area contributed by atoms with Gasteiger partial charge in [-0.3, -0.25) is 4.79 Å². The van der Waals surface area contributed by atoms with E-state index in [9.17, 15) is 9.90 Å². The topological polar surface area (TPSA) is 82.3 Å². The van der Waals surface area contributed by atoms with Crippen LogP contribution in [-0.4, -0.2) is 17.6 Å². The highest BCUT2D eigenvalue weighted by Crippen LogP contribution is 2.25. The Morgan fingerprint density at radius 1 is 1.20 bits per heavy atom. The summed E-state index contributed by atoms with van der Waals surface area (Å²) in [5.41, 5.74) is 0.610. The smallest absolute Gasteiger partial charge is 0.259 e. The second-order valence-corrected chi connectivity index (χ2v) is 3.91. The third kappa shape index (κ3) is 3.06. The number of para-hydroxylation sites is 3. The molecule has 2 aromatic carbocycles. The average Bonchev–Trinajstić information content (AvgIpc) is 2.46. The van der Waals surface area contributed by atoms with E-state index in [0.29, 0.717) is 11.4 Å². The minimum atomic E-state index is -0.448. The number of hydrogen-bond acceptors (Lipinski definition) is 4. The van der Waals surface area contributed by atoms with E-state index in [2.05, 4.69) is 5.32 Å². The van der Waals surface area contributed by atoms with Gasteiger partial charge in [0.25, 0.3) is 5.91 Å². The number of phenolic OH excluding ortho intramolecular Hbond substituents is 1. The van der Waals surface area contributed by atoms with Crippen molar-refractivity contribution in [1.82, 2.24) is 0 Å². The van der Waals surface area contributed by atoms with Gasteiger partial charge < -0.3 is 15.2 Å². The summed E-state index contributed by atoms with van der Waals surface area (Å²) in [4.78, 5) is 12.1. The summed E-state index contributed by atoms with van der Waals surface area (Å²) in [6, 6.07) is 14.9. The first kappa shape index (κ1) is 13.4. The number of ether oxygens (including phenoxy) is 1. The molecule has 100 valence electrons. The van der Waals surface area contributed by atoms with Gasteiger partial charge in [-0.25, -0.2) is 0 Å². The van der Waals surface area contributed by atoms with Gasteiger partial charge in [0.05, 0.1) is 11.3 Å². The number of nitrogens with one attached hydrogen (secondary N) is 1. The van der Waals surface area contributed by atoms with E-state index >= 15 is 0 Å². The Morgan fingerprint density at radius 3 is 2.65 bits per heavy atom. The SMILES string of the molecule is N#CCOc1ccccc1NC(=O)c1ccccc1O. The molecule has 0 aliphatic rings. The molecule has 0 aliphatic carbocycles. The fourth-order valence-electron chi connectivity index (χ4n) is 1.66. The number of benzene rings is 2. The summed E-state index contributed by atoms with van der Waals surface area (Å²) in [7, 11) is 0. The van der Waals surface area contributed by atoms with Crippen LogP contribution >= 0.6 is 0 Å². The summed E-state index contributed by atoms with van der Waals surface area (Å²) in [6.07, 6.45) is 0. The number of hydrogen-bond donors (Lipinski definition) is 2. The predicted molar refractivity (Wildman–Crippen MR) is 73.6 cm³/mol. The molecule has 5 heteroatoms. The molecule has 5 nitrogen and oxygen atoms in total. The lowest BCUT2D eigenvalue weighted by atomic mass is 10.2. The van der Waals surface area contributed by atoms with Crippen LogP contribution in [0.4, 0.5) is 5.69 Å². The van der Waals surface area contributed by atoms with E-state index in [0.717, 1.165) is 0 Å². The fraction of sp³-hybridized carbons (Fsp3) is 0.0667. The van der Waals surface area contributed by atoms with Crippen molar-refractivity contribution in [3.63, 3.8) is 0 Å². The van der Waals surface area contributed by atoms with Gasteiger partial charge in [0.2, 0.25) is 0 Å². The van der Waals surface area contributed by atoms with Crippen molar-refractivity contribution in [3.05, 3.63) is 54.1 Å². The van der Waals surface area contributed by atoms with E-state index in [-0.39, 0.29) is 17.9 Å². The molecule has 0 heterocycles. The lowest BCUT2D eigenvalue weighted by Gasteiger charge is -2.11. The third-order valence-corrected chi connectivity index (χ3v) is 2.58. The zero-order chi connectivity index (χ0) is 14.4. The summed E-state index contributed by atoms with van der Waals surface area (Å²) < 4.78 is 5.21. The normalized spacial score (nSPS) is 9.55. The van der Waals surface area contributed by atoms with Crippen molar-refractivity contribution in [1.29, 1.82) is 5.26 Å². The third-order valence-electron chi connectivity index (χ3n) is 2.58. The van der Waals surface area contributed by atoms with Crippen LogP contribution in [0.1, 0.15) is 10.4 Å². The van der Waals surface area contributed by atoms with Crippen LogP contribution in [0.25, 0.3) is 0 Å². The number of nitriles is 1. The highest BCUT2D eigenvalue weighted by Gasteiger charge is 2.12. The first-order valence-corrected chi connectivity index (χ1v) is 5.90. The predicted octanol–water partition coefficient (Wildman–Crippen LogP) is 2.55. The van der Waals surface area contributed by atoms with Gasteiger partial charge in [0.1, 0.15) is 17.6 Å². The van der Waals surface area contributed by atoms with E-state index in [1.54, 1.807) is 36.4 Å². The highest BCUT2D eigenvalue weighted by atomic mass is 16.5. The van der Waals surface area contributed by atoms with E-state index in [1.165, 1.54) is 12.1 Å². The molecule has 2 N–H and O–H groups in total. The van der Waals surface area contributed by atoms with E-state index in [1.807, 2.05) is 6.07 Å². The second-order valence-electron chi connectivity index (χ2n) is 3.91. The zero-order valence-electron chi connectivity index (χ0n) is 10.5. The molecule has 0 spiro atoms. The van der Waals surface area contributed by atoms with Crippen LogP contribution in [-0.2, 0) is 0 Å². The number of nitrogens with zero attached hydrogens (tertiary/aromatic N) is 1. The Kier molecular flexibility index (Phi) is 4.20. The van der Waals surface area contributed by atoms with Crippen LogP contribution in [0, 0.1) is 11.3 Å². The molecule has 2 rings (SSSR count). The molecule has 1 amide bonds. The average molecular weight is 268 g/mol. The number of amides is 1. The molecule has 20 heavy (non-hydrogen) atoms. The van der Waals surface area contributed by atoms with Gasteiger partial charge in [-0.1, -0.05) is 24.3 Å². The number of phenols is 1. The molecule has 0 bridgehead atoms. The lowest BCUT2D eigenvalue weighted by Crippen LogP contribution is -2.13.